The Bertz CT molecular complexity index is 433. The van der Waals surface area contributed by atoms with Crippen molar-refractivity contribution >= 4 is 23.4 Å². The van der Waals surface area contributed by atoms with Gasteiger partial charge in [-0.3, -0.25) is 9.59 Å². The fraction of sp³-hybridized carbons (Fsp3) is 0.300. The molecule has 0 spiro atoms. The molecule has 1 aromatic rings. The van der Waals surface area contributed by atoms with Crippen LogP contribution in [0.4, 0.5) is 11.5 Å². The Labute approximate surface area is 91.9 Å². The Morgan fingerprint density at radius 2 is 2.44 bits per heavy atom. The zero-order chi connectivity index (χ0) is 11.5. The smallest absolute Gasteiger partial charge is 0.305 e. The van der Waals surface area contributed by atoms with E-state index in [0.717, 1.165) is 5.69 Å². The minimum Gasteiger partial charge on any atom is -0.481 e. The van der Waals surface area contributed by atoms with E-state index in [2.05, 4.69) is 10.3 Å². The average molecular weight is 221 g/mol. The molecule has 0 fully saturated rings. The number of nitrogens with zero attached hydrogens (tertiary/aromatic N) is 2. The summed E-state index contributed by atoms with van der Waals surface area (Å²) in [5.74, 6) is -0.558. The summed E-state index contributed by atoms with van der Waals surface area (Å²) in [6.07, 6.45) is 1.58. The maximum atomic E-state index is 11.3. The highest BCUT2D eigenvalue weighted by molar-refractivity contribution is 5.99. The zero-order valence-electron chi connectivity index (χ0n) is 8.51. The zero-order valence-corrected chi connectivity index (χ0v) is 8.51. The molecular weight excluding hydrogens is 210 g/mol. The molecule has 1 aromatic heterocycles. The summed E-state index contributed by atoms with van der Waals surface area (Å²) in [6, 6.07) is 3.56. The van der Waals surface area contributed by atoms with Crippen LogP contribution in [0, 0.1) is 0 Å². The molecule has 0 aromatic carbocycles. The van der Waals surface area contributed by atoms with Crippen LogP contribution in [-0.2, 0) is 9.59 Å². The summed E-state index contributed by atoms with van der Waals surface area (Å²) in [5, 5.41) is 11.3. The number of hydrogen-bond donors (Lipinski definition) is 2. The number of nitrogens with one attached hydrogen (secondary N) is 1. The molecule has 0 unspecified atom stereocenters. The van der Waals surface area contributed by atoms with Crippen LogP contribution < -0.4 is 10.2 Å². The number of rotatable bonds is 3. The Morgan fingerprint density at radius 3 is 3.19 bits per heavy atom. The van der Waals surface area contributed by atoms with Crippen LogP contribution in [0.25, 0.3) is 0 Å². The highest BCUT2D eigenvalue weighted by Crippen LogP contribution is 2.26. The molecule has 0 saturated heterocycles. The van der Waals surface area contributed by atoms with Gasteiger partial charge >= 0.3 is 5.97 Å². The summed E-state index contributed by atoms with van der Waals surface area (Å²) in [5.41, 5.74) is 0.767. The lowest BCUT2D eigenvalue weighted by Crippen LogP contribution is -2.39. The molecule has 6 nitrogen and oxygen atoms in total. The van der Waals surface area contributed by atoms with Crippen molar-refractivity contribution in [3.63, 3.8) is 0 Å². The number of fused-ring (bicyclic) bond motifs is 1. The first kappa shape index (κ1) is 10.4. The minimum atomic E-state index is -0.878. The van der Waals surface area contributed by atoms with E-state index in [1.807, 2.05) is 6.07 Å². The molecule has 0 radical (unpaired) electrons. The maximum absolute atomic E-state index is 11.3. The van der Waals surface area contributed by atoms with Gasteiger partial charge in [0.05, 0.1) is 18.7 Å². The number of amides is 1. The maximum Gasteiger partial charge on any atom is 0.305 e. The highest BCUT2D eigenvalue weighted by Gasteiger charge is 2.22. The van der Waals surface area contributed by atoms with Crippen LogP contribution in [0.2, 0.25) is 0 Å². The van der Waals surface area contributed by atoms with Crippen molar-refractivity contribution < 1.29 is 14.7 Å². The Kier molecular flexibility index (Phi) is 2.72. The largest absolute Gasteiger partial charge is 0.481 e. The van der Waals surface area contributed by atoms with Crippen molar-refractivity contribution in [2.45, 2.75) is 6.42 Å². The van der Waals surface area contributed by atoms with Crippen molar-refractivity contribution in [1.82, 2.24) is 4.98 Å². The lowest BCUT2D eigenvalue weighted by molar-refractivity contribution is -0.136. The minimum absolute atomic E-state index is 0.00160. The molecule has 0 bridgehead atoms. The number of carbonyl (C=O) groups excluding carboxylic acids is 1. The third kappa shape index (κ3) is 2.10. The van der Waals surface area contributed by atoms with E-state index in [4.69, 9.17) is 5.11 Å². The summed E-state index contributed by atoms with van der Waals surface area (Å²) in [4.78, 5) is 27.6. The Balaban J connectivity index is 2.20. The van der Waals surface area contributed by atoms with Gasteiger partial charge in [-0.2, -0.15) is 0 Å². The van der Waals surface area contributed by atoms with Gasteiger partial charge in [-0.1, -0.05) is 0 Å². The van der Waals surface area contributed by atoms with Gasteiger partial charge in [0, 0.05) is 12.7 Å². The van der Waals surface area contributed by atoms with E-state index in [0.29, 0.717) is 12.4 Å². The number of aromatic nitrogens is 1. The lowest BCUT2D eigenvalue weighted by atomic mass is 10.2. The molecule has 16 heavy (non-hydrogen) atoms. The van der Waals surface area contributed by atoms with E-state index in [1.165, 1.54) is 0 Å². The van der Waals surface area contributed by atoms with E-state index in [9.17, 15) is 9.59 Å². The number of carbonyl (C=O) groups is 2. The fourth-order valence-electron chi connectivity index (χ4n) is 1.61. The molecule has 1 aliphatic heterocycles. The van der Waals surface area contributed by atoms with Gasteiger partial charge < -0.3 is 15.3 Å². The van der Waals surface area contributed by atoms with Crippen molar-refractivity contribution in [3.05, 3.63) is 18.3 Å². The third-order valence-corrected chi connectivity index (χ3v) is 2.31. The van der Waals surface area contributed by atoms with Gasteiger partial charge in [-0.25, -0.2) is 4.98 Å². The van der Waals surface area contributed by atoms with Crippen LogP contribution in [0.5, 0.6) is 0 Å². The second-order valence-corrected chi connectivity index (χ2v) is 3.48. The highest BCUT2D eigenvalue weighted by atomic mass is 16.4. The molecule has 2 rings (SSSR count). The van der Waals surface area contributed by atoms with Crippen LogP contribution in [0.1, 0.15) is 6.42 Å². The number of hydrogen-bond acceptors (Lipinski definition) is 4. The fourth-order valence-corrected chi connectivity index (χ4v) is 1.61. The Hall–Kier alpha value is -2.11. The number of carboxylic acids is 1. The first-order valence-electron chi connectivity index (χ1n) is 4.88. The van der Waals surface area contributed by atoms with Gasteiger partial charge in [-0.15, -0.1) is 0 Å². The van der Waals surface area contributed by atoms with E-state index in [1.54, 1.807) is 17.2 Å². The molecule has 1 aliphatic rings. The standard InChI is InChI=1S/C10H11N3O3/c14-8-6-13(5-3-9(15)16)7-2-1-4-11-10(7)12-8/h1-2,4H,3,5-6H2,(H,15,16)(H,11,12,14). The molecule has 6 heteroatoms. The normalized spacial score (nSPS) is 14.2. The van der Waals surface area contributed by atoms with E-state index in [-0.39, 0.29) is 18.9 Å². The predicted octanol–water partition coefficient (Wildman–Crippen LogP) is 0.315. The molecule has 2 heterocycles. The van der Waals surface area contributed by atoms with Crippen molar-refractivity contribution in [1.29, 1.82) is 0 Å². The summed E-state index contributed by atoms with van der Waals surface area (Å²) in [6.45, 7) is 0.480. The average Bonchev–Trinajstić information content (AvgIpc) is 2.25. The topological polar surface area (TPSA) is 82.5 Å². The predicted molar refractivity (Wildman–Crippen MR) is 57.3 cm³/mol. The van der Waals surface area contributed by atoms with E-state index >= 15 is 0 Å². The van der Waals surface area contributed by atoms with Crippen LogP contribution in [0.3, 0.4) is 0 Å². The van der Waals surface area contributed by atoms with Crippen molar-refractivity contribution in [3.8, 4) is 0 Å². The first-order chi connectivity index (χ1) is 7.66. The van der Waals surface area contributed by atoms with Gasteiger partial charge in [0.2, 0.25) is 5.91 Å². The molecule has 1 amide bonds. The quantitative estimate of drug-likeness (QED) is 0.767. The number of carboxylic acid groups (broad SMARTS) is 1. The number of pyridine rings is 1. The molecular formula is C10H11N3O3. The monoisotopic (exact) mass is 221 g/mol. The molecule has 0 atom stereocenters. The van der Waals surface area contributed by atoms with Gasteiger partial charge in [0.25, 0.3) is 0 Å². The number of anilines is 2. The number of aliphatic carboxylic acids is 1. The lowest BCUT2D eigenvalue weighted by Gasteiger charge is -2.29. The molecule has 0 saturated carbocycles. The van der Waals surface area contributed by atoms with Crippen LogP contribution in [0.15, 0.2) is 18.3 Å². The van der Waals surface area contributed by atoms with Crippen molar-refractivity contribution in [2.24, 2.45) is 0 Å². The van der Waals surface area contributed by atoms with Crippen molar-refractivity contribution in [2.75, 3.05) is 23.3 Å². The second-order valence-electron chi connectivity index (χ2n) is 3.48. The SMILES string of the molecule is O=C(O)CCN1CC(=O)Nc2ncccc21. The van der Waals surface area contributed by atoms with E-state index < -0.39 is 5.97 Å². The molecule has 2 N–H and O–H groups in total. The van der Waals surface area contributed by atoms with Gasteiger partial charge in [0.15, 0.2) is 5.82 Å². The molecule has 84 valence electrons. The Morgan fingerprint density at radius 1 is 1.62 bits per heavy atom. The van der Waals surface area contributed by atoms with Crippen LogP contribution >= 0.6 is 0 Å². The van der Waals surface area contributed by atoms with Gasteiger partial charge in [-0.05, 0) is 12.1 Å². The van der Waals surface area contributed by atoms with Gasteiger partial charge in [0.1, 0.15) is 0 Å². The molecule has 0 aliphatic carbocycles. The second kappa shape index (κ2) is 4.18. The first-order valence-corrected chi connectivity index (χ1v) is 4.88. The van der Waals surface area contributed by atoms with Crippen LogP contribution in [-0.4, -0.2) is 35.1 Å². The summed E-state index contributed by atoms with van der Waals surface area (Å²) >= 11 is 0. The summed E-state index contributed by atoms with van der Waals surface area (Å²) in [7, 11) is 0. The summed E-state index contributed by atoms with van der Waals surface area (Å²) < 4.78 is 0. The third-order valence-electron chi connectivity index (χ3n) is 2.31.